The molecule has 2 amide bonds. The third-order valence-electron chi connectivity index (χ3n) is 3.06. The minimum Gasteiger partial charge on any atom is -0.484 e. The lowest BCUT2D eigenvalue weighted by Gasteiger charge is -2.12. The second-order valence-electron chi connectivity index (χ2n) is 5.19. The second-order valence-corrected chi connectivity index (χ2v) is 6.01. The number of hydrogen-bond donors (Lipinski definition) is 1. The first-order valence-corrected chi connectivity index (χ1v) is 7.82. The summed E-state index contributed by atoms with van der Waals surface area (Å²) < 4.78 is 5.36. The second kappa shape index (κ2) is 8.04. The fourth-order valence-electron chi connectivity index (χ4n) is 1.90. The highest BCUT2D eigenvalue weighted by Gasteiger charge is 2.10. The van der Waals surface area contributed by atoms with Gasteiger partial charge >= 0.3 is 0 Å². The minimum atomic E-state index is -0.351. The summed E-state index contributed by atoms with van der Waals surface area (Å²) >= 11 is 11.7. The van der Waals surface area contributed by atoms with Crippen molar-refractivity contribution in [3.63, 3.8) is 0 Å². The molecule has 0 aliphatic rings. The topological polar surface area (TPSA) is 58.6 Å². The Bertz CT molecular complexity index is 763. The SMILES string of the molecule is CN(C)C(=O)c1cccc(NC(=O)COc2ccc(Cl)c(Cl)c2)c1. The van der Waals surface area contributed by atoms with Crippen molar-refractivity contribution in [2.75, 3.05) is 26.0 Å². The van der Waals surface area contributed by atoms with Crippen molar-refractivity contribution in [2.24, 2.45) is 0 Å². The van der Waals surface area contributed by atoms with E-state index in [1.165, 1.54) is 11.0 Å². The zero-order valence-corrected chi connectivity index (χ0v) is 14.7. The van der Waals surface area contributed by atoms with Crippen molar-refractivity contribution in [3.05, 3.63) is 58.1 Å². The third kappa shape index (κ3) is 4.88. The Morgan fingerprint density at radius 1 is 1.08 bits per heavy atom. The maximum atomic E-state index is 12.0. The average molecular weight is 367 g/mol. The van der Waals surface area contributed by atoms with Crippen LogP contribution in [0.25, 0.3) is 0 Å². The number of nitrogens with one attached hydrogen (secondary N) is 1. The lowest BCUT2D eigenvalue weighted by Crippen LogP contribution is -2.23. The van der Waals surface area contributed by atoms with E-state index in [1.54, 1.807) is 50.5 Å². The molecule has 0 saturated heterocycles. The van der Waals surface area contributed by atoms with Crippen molar-refractivity contribution < 1.29 is 14.3 Å². The number of ether oxygens (including phenoxy) is 1. The first kappa shape index (κ1) is 18.1. The van der Waals surface area contributed by atoms with Gasteiger partial charge in [0.2, 0.25) is 0 Å². The summed E-state index contributed by atoms with van der Waals surface area (Å²) in [6, 6.07) is 11.4. The zero-order chi connectivity index (χ0) is 17.7. The zero-order valence-electron chi connectivity index (χ0n) is 13.2. The largest absolute Gasteiger partial charge is 0.484 e. The Hall–Kier alpha value is -2.24. The Labute approximate surface area is 150 Å². The van der Waals surface area contributed by atoms with Gasteiger partial charge in [-0.25, -0.2) is 0 Å². The number of hydrogen-bond acceptors (Lipinski definition) is 3. The van der Waals surface area contributed by atoms with Gasteiger partial charge in [0.1, 0.15) is 5.75 Å². The van der Waals surface area contributed by atoms with Crippen molar-refractivity contribution in [3.8, 4) is 5.75 Å². The Kier molecular flexibility index (Phi) is 6.06. The molecule has 5 nitrogen and oxygen atoms in total. The van der Waals surface area contributed by atoms with Crippen LogP contribution in [0.1, 0.15) is 10.4 Å². The number of carbonyl (C=O) groups is 2. The Balaban J connectivity index is 1.96. The summed E-state index contributed by atoms with van der Waals surface area (Å²) in [5, 5.41) is 3.44. The summed E-state index contributed by atoms with van der Waals surface area (Å²) in [6.45, 7) is -0.191. The molecule has 2 rings (SSSR count). The van der Waals surface area contributed by atoms with Crippen LogP contribution < -0.4 is 10.1 Å². The van der Waals surface area contributed by atoms with Crippen LogP contribution >= 0.6 is 23.2 Å². The molecule has 0 atom stereocenters. The molecule has 1 N–H and O–H groups in total. The van der Waals surface area contributed by atoms with Gasteiger partial charge in [-0.15, -0.1) is 0 Å². The molecule has 126 valence electrons. The molecule has 0 aromatic heterocycles. The summed E-state index contributed by atoms with van der Waals surface area (Å²) in [6.07, 6.45) is 0. The van der Waals surface area contributed by atoms with Crippen molar-refractivity contribution in [1.82, 2.24) is 4.90 Å². The third-order valence-corrected chi connectivity index (χ3v) is 3.80. The Morgan fingerprint density at radius 2 is 1.83 bits per heavy atom. The number of rotatable bonds is 5. The van der Waals surface area contributed by atoms with Gasteiger partial charge in [-0.3, -0.25) is 9.59 Å². The molecule has 0 bridgehead atoms. The fourth-order valence-corrected chi connectivity index (χ4v) is 2.19. The predicted molar refractivity (Wildman–Crippen MR) is 95.0 cm³/mol. The lowest BCUT2D eigenvalue weighted by atomic mass is 10.2. The first-order valence-electron chi connectivity index (χ1n) is 7.06. The van der Waals surface area contributed by atoms with Crippen LogP contribution in [0, 0.1) is 0 Å². The molecular formula is C17H16Cl2N2O3. The molecule has 0 saturated carbocycles. The van der Waals surface area contributed by atoms with Gasteiger partial charge in [0.05, 0.1) is 10.0 Å². The molecule has 7 heteroatoms. The predicted octanol–water partition coefficient (Wildman–Crippen LogP) is 3.71. The van der Waals surface area contributed by atoms with Crippen LogP contribution in [-0.4, -0.2) is 37.4 Å². The molecule has 0 aliphatic carbocycles. The van der Waals surface area contributed by atoms with E-state index in [1.807, 2.05) is 0 Å². The van der Waals surface area contributed by atoms with E-state index < -0.39 is 0 Å². The number of carbonyl (C=O) groups excluding carboxylic acids is 2. The van der Waals surface area contributed by atoms with E-state index in [4.69, 9.17) is 27.9 Å². The van der Waals surface area contributed by atoms with Gasteiger partial charge in [-0.1, -0.05) is 29.3 Å². The number of amides is 2. The normalized spacial score (nSPS) is 10.2. The van der Waals surface area contributed by atoms with Crippen LogP contribution in [0.15, 0.2) is 42.5 Å². The monoisotopic (exact) mass is 366 g/mol. The van der Waals surface area contributed by atoms with Crippen LogP contribution in [0.4, 0.5) is 5.69 Å². The number of benzene rings is 2. The lowest BCUT2D eigenvalue weighted by molar-refractivity contribution is -0.118. The van der Waals surface area contributed by atoms with Crippen LogP contribution in [0.3, 0.4) is 0 Å². The van der Waals surface area contributed by atoms with E-state index in [2.05, 4.69) is 5.32 Å². The van der Waals surface area contributed by atoms with Gasteiger partial charge < -0.3 is 15.0 Å². The van der Waals surface area contributed by atoms with Crippen LogP contribution in [0.5, 0.6) is 5.75 Å². The van der Waals surface area contributed by atoms with Gasteiger partial charge in [-0.2, -0.15) is 0 Å². The van der Waals surface area contributed by atoms with Crippen molar-refractivity contribution in [1.29, 1.82) is 0 Å². The van der Waals surface area contributed by atoms with E-state index in [9.17, 15) is 9.59 Å². The van der Waals surface area contributed by atoms with Gasteiger partial charge in [0.25, 0.3) is 11.8 Å². The van der Waals surface area contributed by atoms with E-state index >= 15 is 0 Å². The van der Waals surface area contributed by atoms with E-state index in [0.717, 1.165) is 0 Å². The molecule has 2 aromatic carbocycles. The van der Waals surface area contributed by atoms with Gasteiger partial charge in [-0.05, 0) is 30.3 Å². The van der Waals surface area contributed by atoms with E-state index in [0.29, 0.717) is 27.0 Å². The molecule has 0 radical (unpaired) electrons. The van der Waals surface area contributed by atoms with Gasteiger partial charge in [0.15, 0.2) is 6.61 Å². The fraction of sp³-hybridized carbons (Fsp3) is 0.176. The first-order chi connectivity index (χ1) is 11.4. The van der Waals surface area contributed by atoms with Crippen LogP contribution in [-0.2, 0) is 4.79 Å². The van der Waals surface area contributed by atoms with Crippen LogP contribution in [0.2, 0.25) is 10.0 Å². The quantitative estimate of drug-likeness (QED) is 0.877. The number of halogens is 2. The maximum Gasteiger partial charge on any atom is 0.262 e. The molecule has 0 heterocycles. The highest BCUT2D eigenvalue weighted by Crippen LogP contribution is 2.26. The average Bonchev–Trinajstić information content (AvgIpc) is 2.55. The molecule has 2 aromatic rings. The maximum absolute atomic E-state index is 12.0. The molecule has 0 fully saturated rings. The summed E-state index contributed by atoms with van der Waals surface area (Å²) in [5.74, 6) is -0.0511. The van der Waals surface area contributed by atoms with Crippen molar-refractivity contribution in [2.45, 2.75) is 0 Å². The number of nitrogens with zero attached hydrogens (tertiary/aromatic N) is 1. The summed E-state index contributed by atoms with van der Waals surface area (Å²) in [7, 11) is 3.33. The number of anilines is 1. The van der Waals surface area contributed by atoms with Crippen molar-refractivity contribution >= 4 is 40.7 Å². The summed E-state index contributed by atoms with van der Waals surface area (Å²) in [5.41, 5.74) is 1.01. The standard InChI is InChI=1S/C17H16Cl2N2O3/c1-21(2)17(23)11-4-3-5-12(8-11)20-16(22)10-24-13-6-7-14(18)15(19)9-13/h3-9H,10H2,1-2H3,(H,20,22). The Morgan fingerprint density at radius 3 is 2.50 bits per heavy atom. The van der Waals surface area contributed by atoms with Gasteiger partial charge in [0, 0.05) is 31.4 Å². The smallest absolute Gasteiger partial charge is 0.262 e. The molecule has 0 aliphatic heterocycles. The molecule has 0 spiro atoms. The van der Waals surface area contributed by atoms with E-state index in [-0.39, 0.29) is 18.4 Å². The summed E-state index contributed by atoms with van der Waals surface area (Å²) in [4.78, 5) is 25.3. The minimum absolute atomic E-state index is 0.141. The molecule has 24 heavy (non-hydrogen) atoms. The molecule has 0 unspecified atom stereocenters. The molecular weight excluding hydrogens is 351 g/mol. The highest BCUT2D eigenvalue weighted by molar-refractivity contribution is 6.42. The highest BCUT2D eigenvalue weighted by atomic mass is 35.5.